The Hall–Kier alpha value is -3.14. The largest absolute Gasteiger partial charge is 0.473 e. The lowest BCUT2D eigenvalue weighted by molar-refractivity contribution is 0.130. The summed E-state index contributed by atoms with van der Waals surface area (Å²) in [5, 5.41) is 4.38. The Morgan fingerprint density at radius 1 is 0.778 bits per heavy atom. The van der Waals surface area contributed by atoms with Gasteiger partial charge < -0.3 is 9.57 Å². The van der Waals surface area contributed by atoms with Crippen molar-refractivity contribution in [2.75, 3.05) is 0 Å². The third-order valence-corrected chi connectivity index (χ3v) is 4.57. The summed E-state index contributed by atoms with van der Waals surface area (Å²) in [5.74, 6) is 0.657. The lowest BCUT2D eigenvalue weighted by atomic mass is 9.94. The lowest BCUT2D eigenvalue weighted by Gasteiger charge is -2.17. The molecule has 0 saturated heterocycles. The fourth-order valence-corrected chi connectivity index (χ4v) is 3.16. The third kappa shape index (κ3) is 4.53. The van der Waals surface area contributed by atoms with E-state index in [0.717, 1.165) is 47.4 Å². The second kappa shape index (κ2) is 8.49. The van der Waals surface area contributed by atoms with Crippen LogP contribution in [0.3, 0.4) is 0 Å². The topological polar surface area (TPSA) is 43.7 Å². The molecule has 1 aliphatic carbocycles. The molecule has 0 amide bonds. The molecular weight excluding hydrogens is 336 g/mol. The van der Waals surface area contributed by atoms with Gasteiger partial charge in [0.05, 0.1) is 11.4 Å². The van der Waals surface area contributed by atoms with E-state index < -0.39 is 0 Å². The molecule has 0 N–H and O–H groups in total. The van der Waals surface area contributed by atoms with E-state index >= 15 is 0 Å². The van der Waals surface area contributed by atoms with Crippen LogP contribution in [0.25, 0.3) is 0 Å². The number of hydrogen-bond donors (Lipinski definition) is 0. The normalized spacial score (nSPS) is 14.6. The number of aryl methyl sites for hydroxylation is 1. The minimum absolute atomic E-state index is 0.478. The van der Waals surface area contributed by atoms with Crippen molar-refractivity contribution < 1.29 is 9.57 Å². The van der Waals surface area contributed by atoms with Crippen molar-refractivity contribution in [1.29, 1.82) is 0 Å². The average molecular weight is 358 g/mol. The number of benzene rings is 2. The molecule has 0 bridgehead atoms. The highest BCUT2D eigenvalue weighted by Crippen LogP contribution is 2.23. The van der Waals surface area contributed by atoms with Crippen molar-refractivity contribution in [3.05, 3.63) is 95.2 Å². The van der Waals surface area contributed by atoms with Crippen LogP contribution in [0.4, 0.5) is 0 Å². The van der Waals surface area contributed by atoms with Gasteiger partial charge in [0.2, 0.25) is 5.88 Å². The van der Waals surface area contributed by atoms with Gasteiger partial charge in [-0.3, -0.25) is 0 Å². The molecule has 1 aromatic heterocycles. The quantitative estimate of drug-likeness (QED) is 0.588. The van der Waals surface area contributed by atoms with Crippen LogP contribution in [-0.2, 0) is 24.5 Å². The zero-order valence-electron chi connectivity index (χ0n) is 15.2. The van der Waals surface area contributed by atoms with Crippen molar-refractivity contribution in [2.24, 2.45) is 5.16 Å². The number of fused-ring (bicyclic) bond motifs is 1. The Bertz CT molecular complexity index is 908. The van der Waals surface area contributed by atoms with Crippen LogP contribution in [-0.4, -0.2) is 10.7 Å². The lowest BCUT2D eigenvalue weighted by Crippen LogP contribution is -2.14. The monoisotopic (exact) mass is 358 g/mol. The van der Waals surface area contributed by atoms with Gasteiger partial charge in [0.25, 0.3) is 0 Å². The van der Waals surface area contributed by atoms with Crippen molar-refractivity contribution >= 4 is 5.71 Å². The number of oxime groups is 1. The molecule has 2 aromatic carbocycles. The first-order valence-electron chi connectivity index (χ1n) is 9.28. The molecule has 136 valence electrons. The first-order chi connectivity index (χ1) is 13.4. The van der Waals surface area contributed by atoms with Crippen LogP contribution in [0.5, 0.6) is 5.88 Å². The van der Waals surface area contributed by atoms with Crippen molar-refractivity contribution in [1.82, 2.24) is 4.98 Å². The Kier molecular flexibility index (Phi) is 5.44. The van der Waals surface area contributed by atoms with Gasteiger partial charge >= 0.3 is 0 Å². The zero-order valence-corrected chi connectivity index (χ0v) is 15.2. The van der Waals surface area contributed by atoms with Gasteiger partial charge in [0.15, 0.2) is 0 Å². The molecular formula is C23H22N2O2. The zero-order chi connectivity index (χ0) is 18.3. The third-order valence-electron chi connectivity index (χ3n) is 4.57. The number of pyridine rings is 1. The number of hydrogen-bond acceptors (Lipinski definition) is 4. The molecule has 3 aromatic rings. The van der Waals surface area contributed by atoms with E-state index in [4.69, 9.17) is 9.57 Å². The SMILES string of the molecule is c1ccc(CON=C2CCCc3nc(OCc4ccccc4)ccc32)cc1. The van der Waals surface area contributed by atoms with Gasteiger partial charge in [-0.05, 0) is 36.5 Å². The van der Waals surface area contributed by atoms with E-state index in [1.807, 2.05) is 72.8 Å². The number of aromatic nitrogens is 1. The van der Waals surface area contributed by atoms with Crippen LogP contribution in [0.2, 0.25) is 0 Å². The van der Waals surface area contributed by atoms with E-state index in [-0.39, 0.29) is 0 Å². The summed E-state index contributed by atoms with van der Waals surface area (Å²) in [7, 11) is 0. The molecule has 1 heterocycles. The minimum Gasteiger partial charge on any atom is -0.473 e. The molecule has 1 aliphatic rings. The predicted molar refractivity (Wildman–Crippen MR) is 106 cm³/mol. The fourth-order valence-electron chi connectivity index (χ4n) is 3.16. The van der Waals surface area contributed by atoms with Crippen molar-refractivity contribution in [3.8, 4) is 5.88 Å². The van der Waals surface area contributed by atoms with E-state index in [0.29, 0.717) is 19.1 Å². The Morgan fingerprint density at radius 2 is 1.48 bits per heavy atom. The molecule has 0 radical (unpaired) electrons. The molecule has 0 atom stereocenters. The second-order valence-electron chi connectivity index (χ2n) is 6.57. The van der Waals surface area contributed by atoms with Crippen LogP contribution in [0.15, 0.2) is 78.0 Å². The summed E-state index contributed by atoms with van der Waals surface area (Å²) < 4.78 is 5.85. The maximum Gasteiger partial charge on any atom is 0.213 e. The maximum absolute atomic E-state index is 5.85. The van der Waals surface area contributed by atoms with E-state index in [9.17, 15) is 0 Å². The summed E-state index contributed by atoms with van der Waals surface area (Å²) in [4.78, 5) is 10.3. The maximum atomic E-state index is 5.85. The van der Waals surface area contributed by atoms with Crippen LogP contribution in [0, 0.1) is 0 Å². The molecule has 0 fully saturated rings. The Morgan fingerprint density at radius 3 is 2.22 bits per heavy atom. The van der Waals surface area contributed by atoms with E-state index in [1.165, 1.54) is 0 Å². The highest BCUT2D eigenvalue weighted by atomic mass is 16.6. The molecule has 4 nitrogen and oxygen atoms in total. The van der Waals surface area contributed by atoms with Gasteiger partial charge in [0, 0.05) is 11.6 Å². The molecule has 0 spiro atoms. The van der Waals surface area contributed by atoms with Crippen molar-refractivity contribution in [2.45, 2.75) is 32.5 Å². The van der Waals surface area contributed by atoms with Crippen LogP contribution in [0.1, 0.15) is 35.2 Å². The molecule has 0 saturated carbocycles. The number of ether oxygens (including phenoxy) is 1. The highest BCUT2D eigenvalue weighted by Gasteiger charge is 2.18. The van der Waals surface area contributed by atoms with Gasteiger partial charge in [-0.15, -0.1) is 0 Å². The summed E-state index contributed by atoms with van der Waals surface area (Å²) >= 11 is 0. The second-order valence-corrected chi connectivity index (χ2v) is 6.57. The first kappa shape index (κ1) is 17.3. The van der Waals surface area contributed by atoms with Crippen molar-refractivity contribution in [3.63, 3.8) is 0 Å². The smallest absolute Gasteiger partial charge is 0.213 e. The number of rotatable bonds is 6. The van der Waals surface area contributed by atoms with E-state index in [2.05, 4.69) is 10.1 Å². The molecule has 4 heteroatoms. The molecule has 0 aliphatic heterocycles. The molecule has 27 heavy (non-hydrogen) atoms. The summed E-state index contributed by atoms with van der Waals surface area (Å²) in [6.07, 6.45) is 2.87. The first-order valence-corrected chi connectivity index (χ1v) is 9.28. The van der Waals surface area contributed by atoms with Crippen LogP contribution < -0.4 is 4.74 Å². The van der Waals surface area contributed by atoms with E-state index in [1.54, 1.807) is 0 Å². The standard InChI is InChI=1S/C23H22N2O2/c1-3-8-18(9-4-1)16-26-23-15-14-20-21(24-23)12-7-13-22(20)25-27-17-19-10-5-2-6-11-19/h1-6,8-11,14-15H,7,12-13,16-17H2. The van der Waals surface area contributed by atoms with Gasteiger partial charge in [0.1, 0.15) is 13.2 Å². The fraction of sp³-hybridized carbons (Fsp3) is 0.217. The summed E-state index contributed by atoms with van der Waals surface area (Å²) in [6.45, 7) is 0.999. The van der Waals surface area contributed by atoms with Gasteiger partial charge in [-0.25, -0.2) is 4.98 Å². The molecule has 0 unspecified atom stereocenters. The number of nitrogens with zero attached hydrogens (tertiary/aromatic N) is 2. The Labute approximate surface area is 159 Å². The highest BCUT2D eigenvalue weighted by molar-refractivity contribution is 6.02. The molecule has 4 rings (SSSR count). The van der Waals surface area contributed by atoms with Gasteiger partial charge in [-0.1, -0.05) is 65.8 Å². The van der Waals surface area contributed by atoms with Crippen LogP contribution >= 0.6 is 0 Å². The van der Waals surface area contributed by atoms with Gasteiger partial charge in [-0.2, -0.15) is 0 Å². The average Bonchev–Trinajstić information content (AvgIpc) is 2.74. The predicted octanol–water partition coefficient (Wildman–Crippen LogP) is 4.92. The Balaban J connectivity index is 1.42. The summed E-state index contributed by atoms with van der Waals surface area (Å²) in [6, 6.07) is 24.2. The summed E-state index contributed by atoms with van der Waals surface area (Å²) in [5.41, 5.74) is 5.32. The minimum atomic E-state index is 0.478.